The van der Waals surface area contributed by atoms with Crippen LogP contribution >= 0.6 is 0 Å². The van der Waals surface area contributed by atoms with Gasteiger partial charge in [-0.15, -0.1) is 0 Å². The Morgan fingerprint density at radius 3 is 1.29 bits per heavy atom. The van der Waals surface area contributed by atoms with Crippen LogP contribution in [0.25, 0.3) is 0 Å². The molecule has 0 aromatic carbocycles. The average molecular weight is 337 g/mol. The highest BCUT2D eigenvalue weighted by Crippen LogP contribution is 2.13. The van der Waals surface area contributed by atoms with E-state index in [-0.39, 0.29) is 6.61 Å². The zero-order valence-electron chi connectivity index (χ0n) is 16.5. The van der Waals surface area contributed by atoms with Crippen LogP contribution in [0.4, 0.5) is 0 Å². The molecule has 0 aliphatic heterocycles. The van der Waals surface area contributed by atoms with Crippen LogP contribution in [0.1, 0.15) is 116 Å². The van der Waals surface area contributed by atoms with E-state index in [4.69, 9.17) is 5.11 Å². The molecule has 0 amide bonds. The predicted molar refractivity (Wildman–Crippen MR) is 110 cm³/mol. The Morgan fingerprint density at radius 1 is 0.500 bits per heavy atom. The molecule has 0 saturated heterocycles. The monoisotopic (exact) mass is 336 g/mol. The maximum absolute atomic E-state index is 8.64. The van der Waals surface area contributed by atoms with E-state index in [2.05, 4.69) is 19.1 Å². The lowest BCUT2D eigenvalue weighted by atomic mass is 10.0. The number of aliphatic hydroxyl groups is 1. The third-order valence-electron chi connectivity index (χ3n) is 4.65. The lowest BCUT2D eigenvalue weighted by molar-refractivity contribution is 0.302. The quantitative estimate of drug-likeness (QED) is 0.189. The molecule has 142 valence electrons. The molecule has 1 nitrogen and oxygen atoms in total. The molecule has 0 heterocycles. The van der Waals surface area contributed by atoms with Gasteiger partial charge in [0.2, 0.25) is 0 Å². The molecule has 0 aliphatic rings. The van der Waals surface area contributed by atoms with Crippen molar-refractivity contribution in [2.45, 2.75) is 116 Å². The van der Waals surface area contributed by atoms with Crippen molar-refractivity contribution in [3.63, 3.8) is 0 Å². The molecule has 1 N–H and O–H groups in total. The number of aliphatic hydroxyl groups excluding tert-OH is 1. The first-order valence-electron chi connectivity index (χ1n) is 10.8. The number of hydrogen-bond donors (Lipinski definition) is 1. The summed E-state index contributed by atoms with van der Waals surface area (Å²) in [6, 6.07) is 0. The lowest BCUT2D eigenvalue weighted by Crippen LogP contribution is -1.83. The number of unbranched alkanes of at least 4 members (excludes halogenated alkanes) is 15. The van der Waals surface area contributed by atoms with Crippen LogP contribution in [0.15, 0.2) is 24.3 Å². The fraction of sp³-hybridized carbons (Fsp3) is 0.826. The summed E-state index contributed by atoms with van der Waals surface area (Å²) >= 11 is 0. The molecule has 0 aromatic heterocycles. The standard InChI is InChI=1S/C23H44O/c1-2-3-4-5-6-7-8-9-10-11-12-13-14-15-16-17-18-19-20-21-22-23-24/h18-21,24H,2-17,22-23H2,1H3/b19-18+,21-20+. The Morgan fingerprint density at radius 2 is 0.875 bits per heavy atom. The molecule has 0 bridgehead atoms. The average Bonchev–Trinajstić information content (AvgIpc) is 2.60. The smallest absolute Gasteiger partial charge is 0.0465 e. The zero-order valence-corrected chi connectivity index (χ0v) is 16.5. The highest BCUT2D eigenvalue weighted by atomic mass is 16.2. The Hall–Kier alpha value is -0.560. The predicted octanol–water partition coefficient (Wildman–Crippen LogP) is 7.74. The summed E-state index contributed by atoms with van der Waals surface area (Å²) in [6.45, 7) is 2.54. The van der Waals surface area contributed by atoms with Gasteiger partial charge in [0.05, 0.1) is 0 Å². The van der Waals surface area contributed by atoms with E-state index in [1.807, 2.05) is 12.2 Å². The minimum absolute atomic E-state index is 0.253. The van der Waals surface area contributed by atoms with E-state index in [0.29, 0.717) is 0 Å². The molecule has 1 heteroatoms. The second-order valence-electron chi connectivity index (χ2n) is 7.11. The number of rotatable bonds is 19. The van der Waals surface area contributed by atoms with Gasteiger partial charge in [-0.3, -0.25) is 0 Å². The molecule has 0 spiro atoms. The van der Waals surface area contributed by atoms with Crippen LogP contribution in [0.5, 0.6) is 0 Å². The Labute approximate surface area is 152 Å². The number of allylic oxidation sites excluding steroid dienone is 3. The summed E-state index contributed by atoms with van der Waals surface area (Å²) in [6.07, 6.45) is 31.8. The van der Waals surface area contributed by atoms with Gasteiger partial charge in [-0.05, 0) is 19.3 Å². The van der Waals surface area contributed by atoms with Crippen LogP contribution in [0.3, 0.4) is 0 Å². The minimum Gasteiger partial charge on any atom is -0.396 e. The van der Waals surface area contributed by atoms with Gasteiger partial charge in [-0.2, -0.15) is 0 Å². The molecule has 0 unspecified atom stereocenters. The second kappa shape index (κ2) is 22.4. The topological polar surface area (TPSA) is 20.2 Å². The van der Waals surface area contributed by atoms with Gasteiger partial charge >= 0.3 is 0 Å². The van der Waals surface area contributed by atoms with Crippen LogP contribution in [-0.4, -0.2) is 11.7 Å². The van der Waals surface area contributed by atoms with Crippen molar-refractivity contribution in [2.75, 3.05) is 6.61 Å². The normalized spacial score (nSPS) is 11.9. The molecular formula is C23H44O. The third-order valence-corrected chi connectivity index (χ3v) is 4.65. The summed E-state index contributed by atoms with van der Waals surface area (Å²) in [5, 5.41) is 8.64. The molecule has 0 aliphatic carbocycles. The Bertz CT molecular complexity index is 267. The fourth-order valence-corrected chi connectivity index (χ4v) is 3.06. The Balaban J connectivity index is 3.05. The molecule has 0 rings (SSSR count). The lowest BCUT2D eigenvalue weighted by Gasteiger charge is -2.03. The van der Waals surface area contributed by atoms with Gasteiger partial charge in [0.15, 0.2) is 0 Å². The summed E-state index contributed by atoms with van der Waals surface area (Å²) in [5.41, 5.74) is 0. The van der Waals surface area contributed by atoms with E-state index in [1.165, 1.54) is 103 Å². The highest BCUT2D eigenvalue weighted by Gasteiger charge is 1.94. The van der Waals surface area contributed by atoms with Crippen LogP contribution in [0.2, 0.25) is 0 Å². The second-order valence-corrected chi connectivity index (χ2v) is 7.11. The summed E-state index contributed by atoms with van der Waals surface area (Å²) < 4.78 is 0. The van der Waals surface area contributed by atoms with Crippen molar-refractivity contribution in [1.82, 2.24) is 0 Å². The maximum atomic E-state index is 8.64. The highest BCUT2D eigenvalue weighted by molar-refractivity contribution is 5.02. The minimum atomic E-state index is 0.253. The van der Waals surface area contributed by atoms with Crippen LogP contribution in [0, 0.1) is 0 Å². The maximum Gasteiger partial charge on any atom is 0.0465 e. The first-order valence-corrected chi connectivity index (χ1v) is 10.8. The summed E-state index contributed by atoms with van der Waals surface area (Å²) in [4.78, 5) is 0. The molecule has 0 fully saturated rings. The van der Waals surface area contributed by atoms with Crippen molar-refractivity contribution in [1.29, 1.82) is 0 Å². The first-order chi connectivity index (χ1) is 11.9. The first kappa shape index (κ1) is 23.4. The van der Waals surface area contributed by atoms with Crippen LogP contribution in [-0.2, 0) is 0 Å². The van der Waals surface area contributed by atoms with Crippen molar-refractivity contribution < 1.29 is 5.11 Å². The largest absolute Gasteiger partial charge is 0.396 e. The molecular weight excluding hydrogens is 292 g/mol. The van der Waals surface area contributed by atoms with Crippen molar-refractivity contribution in [2.24, 2.45) is 0 Å². The van der Waals surface area contributed by atoms with E-state index in [1.54, 1.807) is 0 Å². The van der Waals surface area contributed by atoms with Gasteiger partial charge in [-0.1, -0.05) is 121 Å². The summed E-state index contributed by atoms with van der Waals surface area (Å²) in [5.74, 6) is 0. The SMILES string of the molecule is CCCCCCCCCCCCCCCCC/C=C/C=C/CCO. The van der Waals surface area contributed by atoms with Gasteiger partial charge < -0.3 is 5.11 Å². The zero-order chi connectivity index (χ0) is 17.6. The number of hydrogen-bond acceptors (Lipinski definition) is 1. The van der Waals surface area contributed by atoms with Crippen molar-refractivity contribution in [3.05, 3.63) is 24.3 Å². The van der Waals surface area contributed by atoms with Crippen molar-refractivity contribution >= 4 is 0 Å². The fourth-order valence-electron chi connectivity index (χ4n) is 3.06. The van der Waals surface area contributed by atoms with Gasteiger partial charge in [0, 0.05) is 6.61 Å². The van der Waals surface area contributed by atoms with Crippen LogP contribution < -0.4 is 0 Å². The molecule has 0 aromatic rings. The van der Waals surface area contributed by atoms with Gasteiger partial charge in [0.25, 0.3) is 0 Å². The summed E-state index contributed by atoms with van der Waals surface area (Å²) in [7, 11) is 0. The van der Waals surface area contributed by atoms with Gasteiger partial charge in [-0.25, -0.2) is 0 Å². The Kier molecular flexibility index (Phi) is 21.9. The molecule has 24 heavy (non-hydrogen) atoms. The van der Waals surface area contributed by atoms with E-state index < -0.39 is 0 Å². The van der Waals surface area contributed by atoms with Crippen molar-refractivity contribution in [3.8, 4) is 0 Å². The third kappa shape index (κ3) is 21.4. The van der Waals surface area contributed by atoms with E-state index in [0.717, 1.165) is 6.42 Å². The van der Waals surface area contributed by atoms with E-state index >= 15 is 0 Å². The van der Waals surface area contributed by atoms with Gasteiger partial charge in [0.1, 0.15) is 0 Å². The molecule has 0 saturated carbocycles. The van der Waals surface area contributed by atoms with E-state index in [9.17, 15) is 0 Å². The molecule has 0 atom stereocenters. The molecule has 0 radical (unpaired) electrons.